The molecule has 0 saturated carbocycles. The fraction of sp³-hybridized carbons (Fsp3) is 0.167. The number of hydrogen-bond donors (Lipinski definition) is 1. The Labute approximate surface area is 106 Å². The lowest BCUT2D eigenvalue weighted by atomic mass is 10.0. The molecule has 0 bridgehead atoms. The molecule has 1 N–H and O–H groups in total. The second kappa shape index (κ2) is 5.13. The number of carbonyl (C=O) groups excluding carboxylic acids is 1. The summed E-state index contributed by atoms with van der Waals surface area (Å²) in [5, 5.41) is 5.78. The van der Waals surface area contributed by atoms with Crippen LogP contribution < -0.4 is 5.32 Å². The van der Waals surface area contributed by atoms with Crippen molar-refractivity contribution in [1.29, 1.82) is 0 Å². The summed E-state index contributed by atoms with van der Waals surface area (Å²) < 4.78 is 42.6. The van der Waals surface area contributed by atoms with Crippen LogP contribution in [0.3, 0.4) is 0 Å². The summed E-state index contributed by atoms with van der Waals surface area (Å²) in [6.07, 6.45) is -3.62. The average Bonchev–Trinajstić information content (AvgIpc) is 2.81. The predicted octanol–water partition coefficient (Wildman–Crippen LogP) is 2.87. The van der Waals surface area contributed by atoms with Gasteiger partial charge >= 0.3 is 6.18 Å². The number of anilines is 1. The largest absolute Gasteiger partial charge is 0.416 e. The van der Waals surface area contributed by atoms with Crippen LogP contribution in [0.4, 0.5) is 19.0 Å². The summed E-state index contributed by atoms with van der Waals surface area (Å²) in [4.78, 5) is 11.6. The zero-order valence-electron chi connectivity index (χ0n) is 9.57. The van der Waals surface area contributed by atoms with Gasteiger partial charge in [-0.2, -0.15) is 13.2 Å². The normalized spacial score (nSPS) is 11.3. The molecule has 1 aromatic heterocycles. The molecule has 2 aromatic rings. The Hall–Kier alpha value is -2.31. The van der Waals surface area contributed by atoms with E-state index in [-0.39, 0.29) is 17.8 Å². The van der Waals surface area contributed by atoms with Crippen molar-refractivity contribution in [3.63, 3.8) is 0 Å². The number of nitrogens with one attached hydrogen (secondary N) is 1. The van der Waals surface area contributed by atoms with Crippen LogP contribution in [-0.2, 0) is 17.4 Å². The van der Waals surface area contributed by atoms with Crippen LogP contribution in [0.2, 0.25) is 0 Å². The van der Waals surface area contributed by atoms with E-state index in [9.17, 15) is 18.0 Å². The molecule has 0 aliphatic carbocycles. The summed E-state index contributed by atoms with van der Waals surface area (Å²) in [7, 11) is 0. The van der Waals surface area contributed by atoms with Crippen LogP contribution in [-0.4, -0.2) is 11.1 Å². The smallest absolute Gasteiger partial charge is 0.363 e. The summed E-state index contributed by atoms with van der Waals surface area (Å²) in [5.74, 6) is -0.430. The van der Waals surface area contributed by atoms with Crippen LogP contribution in [0.15, 0.2) is 41.1 Å². The van der Waals surface area contributed by atoms with Crippen LogP contribution in [0, 0.1) is 0 Å². The Morgan fingerprint density at radius 2 is 2.00 bits per heavy atom. The zero-order chi connectivity index (χ0) is 13.9. The van der Waals surface area contributed by atoms with E-state index in [1.165, 1.54) is 30.5 Å². The molecule has 0 unspecified atom stereocenters. The lowest BCUT2D eigenvalue weighted by Gasteiger charge is -2.11. The Bertz CT molecular complexity index is 565. The molecule has 1 amide bonds. The second-order valence-electron chi connectivity index (χ2n) is 3.76. The Morgan fingerprint density at radius 3 is 2.63 bits per heavy atom. The number of amides is 1. The highest BCUT2D eigenvalue weighted by atomic mass is 19.4. The van der Waals surface area contributed by atoms with Gasteiger partial charge in [0.25, 0.3) is 0 Å². The molecule has 1 heterocycles. The van der Waals surface area contributed by atoms with Crippen molar-refractivity contribution in [3.8, 4) is 0 Å². The number of rotatable bonds is 3. The fourth-order valence-corrected chi connectivity index (χ4v) is 1.59. The van der Waals surface area contributed by atoms with E-state index in [1.54, 1.807) is 0 Å². The highest BCUT2D eigenvalue weighted by Gasteiger charge is 2.33. The first kappa shape index (κ1) is 13.1. The van der Waals surface area contributed by atoms with E-state index >= 15 is 0 Å². The van der Waals surface area contributed by atoms with E-state index in [1.807, 2.05) is 0 Å². The summed E-state index contributed by atoms with van der Waals surface area (Å²) in [5.41, 5.74) is -0.902. The molecule has 7 heteroatoms. The third-order valence-electron chi connectivity index (χ3n) is 2.38. The van der Waals surface area contributed by atoms with Crippen molar-refractivity contribution < 1.29 is 22.5 Å². The minimum absolute atomic E-state index is 0.0870. The first-order valence-corrected chi connectivity index (χ1v) is 5.32. The second-order valence-corrected chi connectivity index (χ2v) is 3.76. The highest BCUT2D eigenvalue weighted by Crippen LogP contribution is 2.32. The van der Waals surface area contributed by atoms with Gasteiger partial charge in [-0.15, -0.1) is 0 Å². The van der Waals surface area contributed by atoms with Gasteiger partial charge in [0.1, 0.15) is 6.26 Å². The molecule has 4 nitrogen and oxygen atoms in total. The molecule has 1 aromatic carbocycles. The van der Waals surface area contributed by atoms with Crippen molar-refractivity contribution in [2.75, 3.05) is 5.32 Å². The van der Waals surface area contributed by atoms with Gasteiger partial charge in [-0.3, -0.25) is 4.79 Å². The molecular weight excluding hydrogens is 261 g/mol. The number of halogens is 3. The predicted molar refractivity (Wildman–Crippen MR) is 60.3 cm³/mol. The third-order valence-corrected chi connectivity index (χ3v) is 2.38. The molecule has 0 aliphatic rings. The Balaban J connectivity index is 2.13. The topological polar surface area (TPSA) is 55.1 Å². The van der Waals surface area contributed by atoms with Crippen molar-refractivity contribution in [1.82, 2.24) is 5.16 Å². The van der Waals surface area contributed by atoms with E-state index in [2.05, 4.69) is 15.0 Å². The standard InChI is InChI=1S/C12H9F3N2O2/c13-12(14,15)9-4-2-1-3-8(9)7-11(18)16-10-5-6-19-17-10/h1-6H,7H2,(H,16,17,18). The summed E-state index contributed by atoms with van der Waals surface area (Å²) in [6.45, 7) is 0. The highest BCUT2D eigenvalue weighted by molar-refractivity contribution is 5.91. The summed E-state index contributed by atoms with van der Waals surface area (Å²) >= 11 is 0. The van der Waals surface area contributed by atoms with Gasteiger partial charge in [0, 0.05) is 6.07 Å². The van der Waals surface area contributed by atoms with Gasteiger partial charge in [-0.05, 0) is 11.6 Å². The number of aromatic nitrogens is 1. The maximum atomic E-state index is 12.7. The van der Waals surface area contributed by atoms with Gasteiger partial charge in [0.15, 0.2) is 5.82 Å². The fourth-order valence-electron chi connectivity index (χ4n) is 1.59. The molecule has 0 aliphatic heterocycles. The number of benzene rings is 1. The maximum Gasteiger partial charge on any atom is 0.416 e. The van der Waals surface area contributed by atoms with Gasteiger partial charge in [-0.25, -0.2) is 0 Å². The molecule has 19 heavy (non-hydrogen) atoms. The summed E-state index contributed by atoms with van der Waals surface area (Å²) in [6, 6.07) is 6.34. The van der Waals surface area contributed by atoms with Crippen LogP contribution >= 0.6 is 0 Å². The molecule has 0 saturated heterocycles. The minimum atomic E-state index is -4.48. The molecule has 0 radical (unpaired) electrons. The van der Waals surface area contributed by atoms with Crippen LogP contribution in [0.1, 0.15) is 11.1 Å². The van der Waals surface area contributed by atoms with Crippen LogP contribution in [0.25, 0.3) is 0 Å². The van der Waals surface area contributed by atoms with Crippen molar-refractivity contribution in [2.24, 2.45) is 0 Å². The molecule has 2 rings (SSSR count). The zero-order valence-corrected chi connectivity index (χ0v) is 9.57. The van der Waals surface area contributed by atoms with Gasteiger partial charge in [0.2, 0.25) is 5.91 Å². The lowest BCUT2D eigenvalue weighted by Crippen LogP contribution is -2.18. The number of hydrogen-bond acceptors (Lipinski definition) is 3. The van der Waals surface area contributed by atoms with E-state index in [0.29, 0.717) is 0 Å². The van der Waals surface area contributed by atoms with Crippen LogP contribution in [0.5, 0.6) is 0 Å². The molecule has 0 spiro atoms. The van der Waals surface area contributed by atoms with E-state index in [4.69, 9.17) is 0 Å². The van der Waals surface area contributed by atoms with E-state index in [0.717, 1.165) is 6.07 Å². The molecule has 100 valence electrons. The van der Waals surface area contributed by atoms with Crippen molar-refractivity contribution in [3.05, 3.63) is 47.7 Å². The van der Waals surface area contributed by atoms with E-state index < -0.39 is 17.6 Å². The van der Waals surface area contributed by atoms with Gasteiger partial charge in [0.05, 0.1) is 12.0 Å². The maximum absolute atomic E-state index is 12.7. The van der Waals surface area contributed by atoms with Gasteiger partial charge < -0.3 is 9.84 Å². The molecular formula is C12H9F3N2O2. The number of alkyl halides is 3. The quantitative estimate of drug-likeness (QED) is 0.933. The monoisotopic (exact) mass is 270 g/mol. The number of carbonyl (C=O) groups is 1. The average molecular weight is 270 g/mol. The van der Waals surface area contributed by atoms with Crippen molar-refractivity contribution >= 4 is 11.7 Å². The molecule has 0 fully saturated rings. The van der Waals surface area contributed by atoms with Crippen molar-refractivity contribution in [2.45, 2.75) is 12.6 Å². The van der Waals surface area contributed by atoms with Gasteiger partial charge in [-0.1, -0.05) is 23.4 Å². The first-order chi connectivity index (χ1) is 8.97. The first-order valence-electron chi connectivity index (χ1n) is 5.32. The molecule has 0 atom stereocenters. The minimum Gasteiger partial charge on any atom is -0.363 e. The number of nitrogens with zero attached hydrogens (tertiary/aromatic N) is 1. The third kappa shape index (κ3) is 3.34. The lowest BCUT2D eigenvalue weighted by molar-refractivity contribution is -0.138. The SMILES string of the molecule is O=C(Cc1ccccc1C(F)(F)F)Nc1ccon1. The Morgan fingerprint density at radius 1 is 1.26 bits per heavy atom. The Kier molecular flexibility index (Phi) is 3.55.